The first kappa shape index (κ1) is 86.4. The van der Waals surface area contributed by atoms with Gasteiger partial charge in [0.05, 0.1) is 38.6 Å². The number of ether oxygens (including phenoxy) is 6. The van der Waals surface area contributed by atoms with Crippen molar-refractivity contribution in [3.8, 4) is 0 Å². The summed E-state index contributed by atoms with van der Waals surface area (Å²) >= 11 is 0. The smallest absolute Gasteiger partial charge is 0.220 e. The van der Waals surface area contributed by atoms with Crippen LogP contribution in [0, 0.1) is 0 Å². The summed E-state index contributed by atoms with van der Waals surface area (Å²) in [6, 6.07) is -1.01. The quantitative estimate of drug-likeness (QED) is 0.0199. The summed E-state index contributed by atoms with van der Waals surface area (Å²) in [6.07, 6.45) is 51.7. The third-order valence-electron chi connectivity index (χ3n) is 17.5. The maximum absolute atomic E-state index is 13.4. The van der Waals surface area contributed by atoms with Gasteiger partial charge in [-0.05, 0) is 96.3 Å². The first-order valence-corrected chi connectivity index (χ1v) is 36.8. The van der Waals surface area contributed by atoms with Crippen LogP contribution < -0.4 is 5.32 Å². The van der Waals surface area contributed by atoms with Crippen LogP contribution in [0.5, 0.6) is 0 Å². The largest absolute Gasteiger partial charge is 0.394 e. The van der Waals surface area contributed by atoms with Crippen molar-refractivity contribution >= 4 is 5.91 Å². The molecule has 0 aromatic rings. The normalized spacial score (nSPS) is 27.8. The zero-order valence-electron chi connectivity index (χ0n) is 58.3. The Hall–Kier alpha value is -3.81. The number of hydrogen-bond acceptors (Lipinski definition) is 18. The molecule has 17 unspecified atom stereocenters. The van der Waals surface area contributed by atoms with E-state index < -0.39 is 124 Å². The maximum atomic E-state index is 13.4. The first-order chi connectivity index (χ1) is 46.8. The Kier molecular flexibility index (Phi) is 51.2. The molecule has 0 spiro atoms. The number of aliphatic hydroxyl groups excluding tert-OH is 11. The Bertz CT molecular complexity index is 2210. The van der Waals surface area contributed by atoms with Crippen LogP contribution >= 0.6 is 0 Å². The van der Waals surface area contributed by atoms with E-state index in [1.54, 1.807) is 6.08 Å². The summed E-state index contributed by atoms with van der Waals surface area (Å²) in [5.74, 6) is -0.314. The minimum Gasteiger partial charge on any atom is -0.394 e. The molecule has 3 saturated heterocycles. The second-order valence-electron chi connectivity index (χ2n) is 25.7. The third-order valence-corrected chi connectivity index (χ3v) is 17.5. The molecule has 19 heteroatoms. The van der Waals surface area contributed by atoms with Crippen LogP contribution in [0.1, 0.15) is 226 Å². The predicted molar refractivity (Wildman–Crippen MR) is 378 cm³/mol. The van der Waals surface area contributed by atoms with Gasteiger partial charge in [0.1, 0.15) is 73.2 Å². The van der Waals surface area contributed by atoms with Gasteiger partial charge in [0.25, 0.3) is 0 Å². The third kappa shape index (κ3) is 37.6. The molecule has 0 radical (unpaired) electrons. The van der Waals surface area contributed by atoms with Crippen molar-refractivity contribution in [3.05, 3.63) is 122 Å². The van der Waals surface area contributed by atoms with Crippen LogP contribution in [0.25, 0.3) is 0 Å². The van der Waals surface area contributed by atoms with Gasteiger partial charge in [-0.25, -0.2) is 0 Å². The summed E-state index contributed by atoms with van der Waals surface area (Å²) < 4.78 is 34.3. The Morgan fingerprint density at radius 2 is 0.729 bits per heavy atom. The number of aliphatic hydroxyl groups is 11. The van der Waals surface area contributed by atoms with Crippen LogP contribution in [0.3, 0.4) is 0 Å². The summed E-state index contributed by atoms with van der Waals surface area (Å²) in [4.78, 5) is 13.4. The molecule has 550 valence electrons. The predicted octanol–water partition coefficient (Wildman–Crippen LogP) is 10.8. The standard InChI is InChI=1S/C77H129NO18/c1-3-5-7-9-11-13-15-17-19-21-23-25-27-28-29-30-31-32-33-35-37-39-41-43-45-47-49-51-53-55-65(83)78-60(61(82)54-52-50-48-46-44-42-40-38-36-34-26-24-22-20-18-16-14-12-10-8-6-4-2)59-91-75-71(89)68(86)73(63(57-80)93-75)96-77-72(90)69(87)74(64(58-81)94-77)95-76-70(88)67(85)66(84)62(56-79)92-76/h5,7,11,13,17,19,23,25,28-29,31-32,35,37,41,43-44,46,52,54,60-64,66-77,79-82,84-90H,3-4,6,8-10,12,14-16,18,20-22,24,26-27,30,33-34,36,38-40,42,45,47-51,53,55-59H2,1-2H3,(H,78,83)/b7-5-,13-11-,19-17-,25-23-,29-28-,32-31-,37-35-,43-41-,46-44+,54-52+. The van der Waals surface area contributed by atoms with Crippen molar-refractivity contribution in [2.45, 2.75) is 330 Å². The lowest BCUT2D eigenvalue weighted by Gasteiger charge is -2.48. The minimum atomic E-state index is -1.99. The topological polar surface area (TPSA) is 307 Å². The Balaban J connectivity index is 1.45. The van der Waals surface area contributed by atoms with Gasteiger partial charge in [-0.1, -0.05) is 245 Å². The molecule has 3 heterocycles. The van der Waals surface area contributed by atoms with Crippen molar-refractivity contribution in [1.82, 2.24) is 5.32 Å². The zero-order valence-corrected chi connectivity index (χ0v) is 58.3. The summed E-state index contributed by atoms with van der Waals surface area (Å²) in [5, 5.41) is 121. The number of unbranched alkanes of at least 4 members (excludes halogenated alkanes) is 21. The lowest BCUT2D eigenvalue weighted by atomic mass is 9.96. The fraction of sp³-hybridized carbons (Fsp3) is 0.727. The zero-order chi connectivity index (χ0) is 69.6. The molecule has 0 aromatic heterocycles. The number of amides is 1. The molecule has 19 nitrogen and oxygen atoms in total. The van der Waals surface area contributed by atoms with Gasteiger partial charge in [0, 0.05) is 6.42 Å². The molecule has 1 amide bonds. The van der Waals surface area contributed by atoms with Crippen molar-refractivity contribution in [1.29, 1.82) is 0 Å². The molecule has 3 fully saturated rings. The van der Waals surface area contributed by atoms with E-state index in [1.807, 2.05) is 6.08 Å². The lowest BCUT2D eigenvalue weighted by molar-refractivity contribution is -0.379. The minimum absolute atomic E-state index is 0.197. The number of nitrogens with one attached hydrogen (secondary N) is 1. The number of carbonyl (C=O) groups is 1. The number of carbonyl (C=O) groups excluding carboxylic acids is 1. The molecule has 12 N–H and O–H groups in total. The van der Waals surface area contributed by atoms with Gasteiger partial charge in [-0.2, -0.15) is 0 Å². The summed E-state index contributed by atoms with van der Waals surface area (Å²) in [5.41, 5.74) is 0. The van der Waals surface area contributed by atoms with Crippen molar-refractivity contribution in [2.24, 2.45) is 0 Å². The lowest BCUT2D eigenvalue weighted by Crippen LogP contribution is -2.66. The van der Waals surface area contributed by atoms with E-state index in [2.05, 4.69) is 129 Å². The molecule has 3 aliphatic heterocycles. The van der Waals surface area contributed by atoms with Gasteiger partial charge >= 0.3 is 0 Å². The highest BCUT2D eigenvalue weighted by Gasteiger charge is 2.53. The van der Waals surface area contributed by atoms with Crippen LogP contribution in [-0.2, 0) is 33.2 Å². The van der Waals surface area contributed by atoms with Crippen LogP contribution in [0.4, 0.5) is 0 Å². The van der Waals surface area contributed by atoms with Crippen molar-refractivity contribution in [3.63, 3.8) is 0 Å². The molecule has 0 aliphatic carbocycles. The second-order valence-corrected chi connectivity index (χ2v) is 25.7. The molecule has 0 bridgehead atoms. The molecule has 0 saturated carbocycles. The van der Waals surface area contributed by atoms with Gasteiger partial charge in [0.15, 0.2) is 18.9 Å². The number of hydrogen-bond donors (Lipinski definition) is 12. The Morgan fingerprint density at radius 1 is 0.385 bits per heavy atom. The van der Waals surface area contributed by atoms with Crippen molar-refractivity contribution in [2.75, 3.05) is 26.4 Å². The van der Waals surface area contributed by atoms with E-state index in [-0.39, 0.29) is 18.9 Å². The molecule has 3 rings (SSSR count). The van der Waals surface area contributed by atoms with Crippen LogP contribution in [0.15, 0.2) is 122 Å². The molecular formula is C77H129NO18. The van der Waals surface area contributed by atoms with E-state index in [1.165, 1.54) is 96.3 Å². The average Bonchev–Trinajstić information content (AvgIpc) is 0.787. The number of rotatable bonds is 55. The molecule has 96 heavy (non-hydrogen) atoms. The molecule has 17 atom stereocenters. The summed E-state index contributed by atoms with van der Waals surface area (Å²) in [7, 11) is 0. The van der Waals surface area contributed by atoms with Crippen LogP contribution in [-0.4, -0.2) is 193 Å². The second kappa shape index (κ2) is 56.9. The fourth-order valence-electron chi connectivity index (χ4n) is 11.6. The van der Waals surface area contributed by atoms with Gasteiger partial charge < -0.3 is 89.9 Å². The van der Waals surface area contributed by atoms with Crippen LogP contribution in [0.2, 0.25) is 0 Å². The van der Waals surface area contributed by atoms with E-state index in [9.17, 15) is 61.0 Å². The fourth-order valence-corrected chi connectivity index (χ4v) is 11.6. The van der Waals surface area contributed by atoms with Gasteiger partial charge in [-0.3, -0.25) is 4.79 Å². The van der Waals surface area contributed by atoms with E-state index in [0.717, 1.165) is 96.3 Å². The first-order valence-electron chi connectivity index (χ1n) is 36.8. The Morgan fingerprint density at radius 3 is 1.17 bits per heavy atom. The van der Waals surface area contributed by atoms with Crippen molar-refractivity contribution < 1.29 is 89.4 Å². The highest BCUT2D eigenvalue weighted by atomic mass is 16.8. The highest BCUT2D eigenvalue weighted by molar-refractivity contribution is 5.76. The SMILES string of the molecule is CC/C=C\C/C=C\C/C=C\C/C=C\C/C=C\C/C=C\C/C=C\C/C=C\CCCCCCC(=O)NC(COC1OC(CO)C(OC2OC(CO)C(OC3OC(CO)C(O)C(O)C3O)C(O)C2O)C(O)C1O)C(O)/C=C/CC/C=C/CCCCCCCCCCCCCCCCCC. The monoisotopic (exact) mass is 1360 g/mol. The van der Waals surface area contributed by atoms with Gasteiger partial charge in [0.2, 0.25) is 5.91 Å². The van der Waals surface area contributed by atoms with Gasteiger partial charge in [-0.15, -0.1) is 0 Å². The average molecular weight is 1360 g/mol. The maximum Gasteiger partial charge on any atom is 0.220 e. The number of allylic oxidation sites excluding steroid dienone is 19. The summed E-state index contributed by atoms with van der Waals surface area (Å²) in [6.45, 7) is 1.58. The Labute approximate surface area is 576 Å². The van der Waals surface area contributed by atoms with E-state index >= 15 is 0 Å². The molecule has 0 aromatic carbocycles. The highest BCUT2D eigenvalue weighted by Crippen LogP contribution is 2.33. The molecular weight excluding hydrogens is 1230 g/mol. The van der Waals surface area contributed by atoms with E-state index in [0.29, 0.717) is 12.8 Å². The van der Waals surface area contributed by atoms with E-state index in [4.69, 9.17) is 28.4 Å². The molecule has 3 aliphatic rings.